The molecule has 8 heteroatoms. The standard InChI is InChI=1S/C15H14ClNO5S/c16-12-5-1-10(2-6-12)11-3-7-13(8-4-11)17(23(21)22)14(9-18)15(19)20/h1-8,14,18H,9H2,(H,19,20)(H,21,22). The third kappa shape index (κ3) is 4.08. The van der Waals surface area contributed by atoms with Crippen LogP contribution < -0.4 is 4.31 Å². The first-order valence-electron chi connectivity index (χ1n) is 6.54. The van der Waals surface area contributed by atoms with Crippen LogP contribution in [-0.2, 0) is 16.1 Å². The van der Waals surface area contributed by atoms with E-state index in [0.717, 1.165) is 15.4 Å². The van der Waals surface area contributed by atoms with Gasteiger partial charge in [0.15, 0.2) is 6.04 Å². The van der Waals surface area contributed by atoms with E-state index in [4.69, 9.17) is 21.8 Å². The van der Waals surface area contributed by atoms with Crippen LogP contribution in [0.5, 0.6) is 0 Å². The molecule has 2 aromatic rings. The minimum absolute atomic E-state index is 0.213. The highest BCUT2D eigenvalue weighted by Crippen LogP contribution is 2.26. The minimum Gasteiger partial charge on any atom is -0.480 e. The number of rotatable bonds is 6. The van der Waals surface area contributed by atoms with Crippen LogP contribution in [0.4, 0.5) is 5.69 Å². The molecule has 0 aromatic heterocycles. The average molecular weight is 356 g/mol. The quantitative estimate of drug-likeness (QED) is 0.691. The van der Waals surface area contributed by atoms with Gasteiger partial charge in [-0.25, -0.2) is 9.00 Å². The van der Waals surface area contributed by atoms with Crippen LogP contribution in [0.25, 0.3) is 11.1 Å². The highest BCUT2D eigenvalue weighted by molar-refractivity contribution is 7.80. The summed E-state index contributed by atoms with van der Waals surface area (Å²) in [5, 5.41) is 18.8. The van der Waals surface area contributed by atoms with Gasteiger partial charge in [-0.15, -0.1) is 0 Å². The van der Waals surface area contributed by atoms with Crippen molar-refractivity contribution in [3.05, 3.63) is 53.6 Å². The molecule has 3 N–H and O–H groups in total. The Kier molecular flexibility index (Phi) is 5.73. The van der Waals surface area contributed by atoms with E-state index < -0.39 is 29.9 Å². The van der Waals surface area contributed by atoms with Crippen LogP contribution in [-0.4, -0.2) is 37.6 Å². The number of carboxylic acids is 1. The van der Waals surface area contributed by atoms with Crippen molar-refractivity contribution in [2.45, 2.75) is 6.04 Å². The van der Waals surface area contributed by atoms with Gasteiger partial charge in [0.25, 0.3) is 11.3 Å². The molecule has 0 radical (unpaired) electrons. The van der Waals surface area contributed by atoms with Crippen molar-refractivity contribution in [2.75, 3.05) is 10.9 Å². The molecule has 0 saturated carbocycles. The monoisotopic (exact) mass is 355 g/mol. The van der Waals surface area contributed by atoms with E-state index in [1.807, 2.05) is 12.1 Å². The Hall–Kier alpha value is -1.93. The third-order valence-electron chi connectivity index (χ3n) is 3.21. The first-order chi connectivity index (χ1) is 10.9. The number of anilines is 1. The summed E-state index contributed by atoms with van der Waals surface area (Å²) in [6, 6.07) is 12.0. The minimum atomic E-state index is -2.58. The molecule has 6 nitrogen and oxygen atoms in total. The summed E-state index contributed by atoms with van der Waals surface area (Å²) >= 11 is 3.25. The Labute approximate surface area is 140 Å². The van der Waals surface area contributed by atoms with Crippen molar-refractivity contribution in [2.24, 2.45) is 0 Å². The molecular formula is C15H14ClNO5S. The molecule has 0 spiro atoms. The lowest BCUT2D eigenvalue weighted by molar-refractivity contribution is -0.139. The van der Waals surface area contributed by atoms with Gasteiger partial charge in [-0.2, -0.15) is 0 Å². The molecule has 2 unspecified atom stereocenters. The van der Waals surface area contributed by atoms with Crippen molar-refractivity contribution in [1.82, 2.24) is 0 Å². The summed E-state index contributed by atoms with van der Waals surface area (Å²) in [7, 11) is 0. The molecule has 0 aliphatic heterocycles. The number of hydrogen-bond donors (Lipinski definition) is 3. The van der Waals surface area contributed by atoms with Gasteiger partial charge in [0.2, 0.25) is 0 Å². The van der Waals surface area contributed by atoms with E-state index >= 15 is 0 Å². The Balaban J connectivity index is 2.34. The van der Waals surface area contributed by atoms with Crippen LogP contribution in [0.1, 0.15) is 0 Å². The van der Waals surface area contributed by atoms with Gasteiger partial charge in [-0.05, 0) is 35.4 Å². The Morgan fingerprint density at radius 2 is 1.57 bits per heavy atom. The topological polar surface area (TPSA) is 98.1 Å². The first-order valence-corrected chi connectivity index (χ1v) is 7.98. The maximum atomic E-state index is 11.4. The van der Waals surface area contributed by atoms with Gasteiger partial charge < -0.3 is 10.2 Å². The highest BCUT2D eigenvalue weighted by atomic mass is 35.5. The molecule has 0 fully saturated rings. The maximum absolute atomic E-state index is 11.4. The molecule has 0 heterocycles. The second-order valence-corrected chi connectivity index (χ2v) is 5.94. The van der Waals surface area contributed by atoms with Gasteiger partial charge in [-0.1, -0.05) is 35.9 Å². The largest absolute Gasteiger partial charge is 0.480 e. The van der Waals surface area contributed by atoms with Crippen molar-refractivity contribution < 1.29 is 23.8 Å². The van der Waals surface area contributed by atoms with Crippen LogP contribution >= 0.6 is 11.6 Å². The third-order valence-corrected chi connectivity index (χ3v) is 4.26. The second kappa shape index (κ2) is 7.56. The SMILES string of the molecule is O=C(O)C(CO)N(c1ccc(-c2ccc(Cl)cc2)cc1)S(=O)O. The molecule has 0 bridgehead atoms. The fourth-order valence-electron chi connectivity index (χ4n) is 2.07. The van der Waals surface area contributed by atoms with E-state index in [2.05, 4.69) is 0 Å². The van der Waals surface area contributed by atoms with Crippen molar-refractivity contribution >= 4 is 34.5 Å². The summed E-state index contributed by atoms with van der Waals surface area (Å²) in [5.41, 5.74) is 1.95. The fourth-order valence-corrected chi connectivity index (χ4v) is 2.88. The van der Waals surface area contributed by atoms with Crippen LogP contribution in [0.2, 0.25) is 5.02 Å². The zero-order valence-electron chi connectivity index (χ0n) is 11.8. The number of hydrogen-bond acceptors (Lipinski definition) is 3. The van der Waals surface area contributed by atoms with Crippen molar-refractivity contribution in [3.8, 4) is 11.1 Å². The second-order valence-electron chi connectivity index (χ2n) is 4.65. The predicted octanol–water partition coefficient (Wildman–Crippen LogP) is 2.40. The molecule has 23 heavy (non-hydrogen) atoms. The number of aliphatic carboxylic acids is 1. The predicted molar refractivity (Wildman–Crippen MR) is 88.6 cm³/mol. The van der Waals surface area contributed by atoms with Gasteiger partial charge in [0.05, 0.1) is 12.3 Å². The number of carbonyl (C=O) groups is 1. The molecule has 2 aromatic carbocycles. The summed E-state index contributed by atoms with van der Waals surface area (Å²) in [6.45, 7) is -0.791. The van der Waals surface area contributed by atoms with Crippen molar-refractivity contribution in [3.63, 3.8) is 0 Å². The summed E-state index contributed by atoms with van der Waals surface area (Å²) in [5.74, 6) is -1.39. The Bertz CT molecular complexity index is 705. The smallest absolute Gasteiger partial charge is 0.329 e. The lowest BCUT2D eigenvalue weighted by Crippen LogP contribution is -2.44. The molecule has 0 saturated heterocycles. The number of aliphatic hydroxyl groups excluding tert-OH is 1. The zero-order valence-corrected chi connectivity index (χ0v) is 13.4. The normalized spacial score (nSPS) is 13.3. The van der Waals surface area contributed by atoms with Gasteiger partial charge in [0.1, 0.15) is 0 Å². The van der Waals surface area contributed by atoms with Crippen molar-refractivity contribution in [1.29, 1.82) is 0 Å². The lowest BCUT2D eigenvalue weighted by atomic mass is 10.1. The van der Waals surface area contributed by atoms with Crippen LogP contribution in [0, 0.1) is 0 Å². The highest BCUT2D eigenvalue weighted by Gasteiger charge is 2.29. The van der Waals surface area contributed by atoms with Gasteiger partial charge in [-0.3, -0.25) is 8.86 Å². The van der Waals surface area contributed by atoms with E-state index in [1.165, 1.54) is 12.1 Å². The summed E-state index contributed by atoms with van der Waals surface area (Å²) < 4.78 is 21.5. The van der Waals surface area contributed by atoms with E-state index in [9.17, 15) is 13.6 Å². The molecule has 0 aliphatic carbocycles. The Morgan fingerprint density at radius 3 is 1.96 bits per heavy atom. The van der Waals surface area contributed by atoms with Gasteiger partial charge in [0, 0.05) is 5.02 Å². The summed E-state index contributed by atoms with van der Waals surface area (Å²) in [6.07, 6.45) is 0. The molecule has 0 aliphatic rings. The lowest BCUT2D eigenvalue weighted by Gasteiger charge is -2.25. The molecular weight excluding hydrogens is 342 g/mol. The maximum Gasteiger partial charge on any atom is 0.329 e. The van der Waals surface area contributed by atoms with E-state index in [1.54, 1.807) is 24.3 Å². The van der Waals surface area contributed by atoms with E-state index in [-0.39, 0.29) is 5.69 Å². The zero-order chi connectivity index (χ0) is 17.0. The summed E-state index contributed by atoms with van der Waals surface area (Å²) in [4.78, 5) is 11.1. The number of carboxylic acid groups (broad SMARTS) is 1. The van der Waals surface area contributed by atoms with E-state index in [0.29, 0.717) is 5.02 Å². The van der Waals surface area contributed by atoms with Crippen LogP contribution in [0.3, 0.4) is 0 Å². The Morgan fingerprint density at radius 1 is 1.09 bits per heavy atom. The first kappa shape index (κ1) is 17.4. The number of aliphatic hydroxyl groups is 1. The van der Waals surface area contributed by atoms with Gasteiger partial charge >= 0.3 is 5.97 Å². The van der Waals surface area contributed by atoms with Crippen LogP contribution in [0.15, 0.2) is 48.5 Å². The fraction of sp³-hybridized carbons (Fsp3) is 0.133. The molecule has 2 rings (SSSR count). The molecule has 122 valence electrons. The average Bonchev–Trinajstić information content (AvgIpc) is 2.53. The molecule has 0 amide bonds. The number of nitrogens with zero attached hydrogens (tertiary/aromatic N) is 1. The number of halogens is 1. The molecule has 2 atom stereocenters. The number of benzene rings is 2.